The minimum absolute atomic E-state index is 0.00659. The number of ether oxygens (including phenoxy) is 1. The molecule has 2 rings (SSSR count). The van der Waals surface area contributed by atoms with Crippen molar-refractivity contribution in [1.29, 1.82) is 0 Å². The van der Waals surface area contributed by atoms with E-state index in [1.807, 2.05) is 6.07 Å². The Morgan fingerprint density at radius 3 is 2.69 bits per heavy atom. The summed E-state index contributed by atoms with van der Waals surface area (Å²) >= 11 is 0. The fourth-order valence-electron chi connectivity index (χ4n) is 2.79. The van der Waals surface area contributed by atoms with Crippen LogP contribution in [0.3, 0.4) is 0 Å². The van der Waals surface area contributed by atoms with Crippen LogP contribution in [0.5, 0.6) is 0 Å². The fraction of sp³-hybridized carbons (Fsp3) is 0.450. The third kappa shape index (κ3) is 8.90. The number of hydrogen-bond acceptors (Lipinski definition) is 7. The second-order valence-electron chi connectivity index (χ2n) is 7.06. The molecule has 1 aliphatic heterocycles. The Balaban J connectivity index is 1.68. The van der Waals surface area contributed by atoms with Gasteiger partial charge in [-0.05, 0) is 24.8 Å². The number of nitrogens with two attached hydrogens (primary N) is 2. The molecule has 1 aliphatic rings. The fourth-order valence-corrected chi connectivity index (χ4v) is 2.79. The molecule has 1 aromatic rings. The van der Waals surface area contributed by atoms with Gasteiger partial charge in [0.25, 0.3) is 5.91 Å². The number of alkyl carbamates (subject to hydrolysis) is 1. The second-order valence-corrected chi connectivity index (χ2v) is 7.06. The Bertz CT molecular complexity index is 840. The molecule has 1 unspecified atom stereocenters. The number of aliphatic imine (C=N–C) groups is 1. The van der Waals surface area contributed by atoms with Gasteiger partial charge in [0.2, 0.25) is 6.10 Å². The molecule has 12 heteroatoms. The molecule has 0 saturated carbocycles. The van der Waals surface area contributed by atoms with Crippen LogP contribution in [0.25, 0.3) is 0 Å². The van der Waals surface area contributed by atoms with E-state index in [9.17, 15) is 19.5 Å². The standard InChI is InChI=1S/C20H28N6O6/c21-19(22)23-9-5-4-8-14-10-16(32-26-14)17(27)24-11-15(18(28)29)25-20(30)31-12-13-6-2-1-3-7-13/h1-3,6-7,15-16H,4-5,8-12H2,(H,24,27)(H,25,30)(H,28,29)(H4,21,22,23)/t15-,16?/m0/s1. The molecule has 0 bridgehead atoms. The third-order valence-electron chi connectivity index (χ3n) is 4.47. The number of rotatable bonds is 12. The number of amides is 2. The van der Waals surface area contributed by atoms with Gasteiger partial charge in [0.05, 0.1) is 5.71 Å². The van der Waals surface area contributed by atoms with Crippen molar-refractivity contribution in [2.45, 2.75) is 44.4 Å². The van der Waals surface area contributed by atoms with Crippen molar-refractivity contribution in [3.63, 3.8) is 0 Å². The van der Waals surface area contributed by atoms with E-state index in [4.69, 9.17) is 21.0 Å². The number of unbranched alkanes of at least 4 members (excludes halogenated alkanes) is 1. The van der Waals surface area contributed by atoms with Crippen LogP contribution in [0.1, 0.15) is 31.2 Å². The molecule has 0 aromatic heterocycles. The lowest BCUT2D eigenvalue weighted by atomic mass is 10.1. The predicted octanol–water partition coefficient (Wildman–Crippen LogP) is 0.0708. The van der Waals surface area contributed by atoms with E-state index in [2.05, 4.69) is 20.8 Å². The summed E-state index contributed by atoms with van der Waals surface area (Å²) in [5, 5.41) is 17.9. The van der Waals surface area contributed by atoms with Crippen LogP contribution < -0.4 is 22.1 Å². The zero-order valence-electron chi connectivity index (χ0n) is 17.5. The molecule has 12 nitrogen and oxygen atoms in total. The lowest BCUT2D eigenvalue weighted by molar-refractivity contribution is -0.139. The predicted molar refractivity (Wildman–Crippen MR) is 116 cm³/mol. The van der Waals surface area contributed by atoms with Gasteiger partial charge in [0.15, 0.2) is 5.96 Å². The molecule has 2 amide bonds. The molecule has 0 fully saturated rings. The summed E-state index contributed by atoms with van der Waals surface area (Å²) in [4.78, 5) is 44.6. The molecule has 1 heterocycles. The van der Waals surface area contributed by atoms with Crippen molar-refractivity contribution >= 4 is 29.6 Å². The SMILES string of the molecule is NC(N)=NCCCCC1=NOC(C(=O)NC[C@H](NC(=O)OCc2ccccc2)C(=O)O)C1. The van der Waals surface area contributed by atoms with Gasteiger partial charge in [0.1, 0.15) is 12.6 Å². The summed E-state index contributed by atoms with van der Waals surface area (Å²) in [6, 6.07) is 7.58. The van der Waals surface area contributed by atoms with Crippen molar-refractivity contribution < 1.29 is 29.1 Å². The summed E-state index contributed by atoms with van der Waals surface area (Å²) in [6.07, 6.45) is 0.735. The zero-order valence-corrected chi connectivity index (χ0v) is 17.5. The van der Waals surface area contributed by atoms with Crippen molar-refractivity contribution in [2.24, 2.45) is 21.6 Å². The highest BCUT2D eigenvalue weighted by Crippen LogP contribution is 2.15. The van der Waals surface area contributed by atoms with Crippen molar-refractivity contribution in [2.75, 3.05) is 13.1 Å². The molecule has 7 N–H and O–H groups in total. The van der Waals surface area contributed by atoms with Crippen LogP contribution in [0.4, 0.5) is 4.79 Å². The van der Waals surface area contributed by atoms with E-state index in [0.717, 1.165) is 24.1 Å². The van der Waals surface area contributed by atoms with Crippen LogP contribution in [0, 0.1) is 0 Å². The molecule has 2 atom stereocenters. The Morgan fingerprint density at radius 1 is 1.25 bits per heavy atom. The Labute approximate surface area is 185 Å². The van der Waals surface area contributed by atoms with Gasteiger partial charge in [0, 0.05) is 19.5 Å². The second kappa shape index (κ2) is 12.8. The lowest BCUT2D eigenvalue weighted by Crippen LogP contribution is -2.50. The summed E-state index contributed by atoms with van der Waals surface area (Å²) in [6.45, 7) is 0.174. The van der Waals surface area contributed by atoms with E-state index >= 15 is 0 Å². The number of aliphatic carboxylic acids is 1. The number of oxime groups is 1. The Hall–Kier alpha value is -3.83. The van der Waals surface area contributed by atoms with Crippen LogP contribution in [0.2, 0.25) is 0 Å². The summed E-state index contributed by atoms with van der Waals surface area (Å²) in [5.74, 6) is -1.79. The third-order valence-corrected chi connectivity index (χ3v) is 4.47. The molecular formula is C20H28N6O6. The van der Waals surface area contributed by atoms with Gasteiger partial charge in [-0.2, -0.15) is 0 Å². The van der Waals surface area contributed by atoms with Crippen molar-refractivity contribution in [3.05, 3.63) is 35.9 Å². The van der Waals surface area contributed by atoms with E-state index in [1.165, 1.54) is 0 Å². The normalized spacial score (nSPS) is 15.6. The molecule has 1 aromatic carbocycles. The number of carbonyl (C=O) groups is 3. The largest absolute Gasteiger partial charge is 0.480 e. The zero-order chi connectivity index (χ0) is 23.3. The molecule has 0 radical (unpaired) electrons. The molecule has 32 heavy (non-hydrogen) atoms. The number of carboxylic acid groups (broad SMARTS) is 1. The van der Waals surface area contributed by atoms with Crippen molar-refractivity contribution in [1.82, 2.24) is 10.6 Å². The van der Waals surface area contributed by atoms with E-state index in [0.29, 0.717) is 19.4 Å². The molecular weight excluding hydrogens is 420 g/mol. The molecule has 0 spiro atoms. The van der Waals surface area contributed by atoms with Gasteiger partial charge in [-0.1, -0.05) is 35.5 Å². The maximum absolute atomic E-state index is 12.3. The number of benzene rings is 1. The smallest absolute Gasteiger partial charge is 0.408 e. The molecule has 174 valence electrons. The average Bonchev–Trinajstić information content (AvgIpc) is 3.24. The van der Waals surface area contributed by atoms with E-state index < -0.39 is 30.1 Å². The topological polar surface area (TPSA) is 191 Å². The highest BCUT2D eigenvalue weighted by molar-refractivity contribution is 5.93. The van der Waals surface area contributed by atoms with E-state index in [1.54, 1.807) is 24.3 Å². The highest BCUT2D eigenvalue weighted by atomic mass is 16.6. The maximum atomic E-state index is 12.3. The van der Waals surface area contributed by atoms with Gasteiger partial charge in [-0.3, -0.25) is 9.79 Å². The summed E-state index contributed by atoms with van der Waals surface area (Å²) in [5.41, 5.74) is 12.0. The van der Waals surface area contributed by atoms with Crippen LogP contribution in [-0.4, -0.2) is 60.0 Å². The minimum atomic E-state index is -1.36. The van der Waals surface area contributed by atoms with Crippen LogP contribution in [0.15, 0.2) is 40.5 Å². The number of carbonyl (C=O) groups excluding carboxylic acids is 2. The lowest BCUT2D eigenvalue weighted by Gasteiger charge is -2.16. The first-order valence-electron chi connectivity index (χ1n) is 10.1. The monoisotopic (exact) mass is 448 g/mol. The van der Waals surface area contributed by atoms with Crippen molar-refractivity contribution in [3.8, 4) is 0 Å². The number of hydrogen-bond donors (Lipinski definition) is 5. The molecule has 0 saturated heterocycles. The van der Waals surface area contributed by atoms with Crippen LogP contribution >= 0.6 is 0 Å². The van der Waals surface area contributed by atoms with Crippen LogP contribution in [-0.2, 0) is 25.8 Å². The number of nitrogens with one attached hydrogen (secondary N) is 2. The minimum Gasteiger partial charge on any atom is -0.480 e. The maximum Gasteiger partial charge on any atom is 0.408 e. The Morgan fingerprint density at radius 2 is 2.00 bits per heavy atom. The average molecular weight is 448 g/mol. The number of nitrogens with zero attached hydrogens (tertiary/aromatic N) is 2. The highest BCUT2D eigenvalue weighted by Gasteiger charge is 2.29. The first-order chi connectivity index (χ1) is 15.3. The number of guanidine groups is 1. The van der Waals surface area contributed by atoms with Gasteiger partial charge < -0.3 is 36.8 Å². The first kappa shape index (κ1) is 24.4. The molecule has 0 aliphatic carbocycles. The summed E-state index contributed by atoms with van der Waals surface area (Å²) in [7, 11) is 0. The van der Waals surface area contributed by atoms with Gasteiger partial charge >= 0.3 is 12.1 Å². The number of carboxylic acids is 1. The van der Waals surface area contributed by atoms with Gasteiger partial charge in [-0.15, -0.1) is 0 Å². The first-order valence-corrected chi connectivity index (χ1v) is 10.1. The van der Waals surface area contributed by atoms with E-state index in [-0.39, 0.29) is 19.1 Å². The quantitative estimate of drug-likeness (QED) is 0.168. The summed E-state index contributed by atoms with van der Waals surface area (Å²) < 4.78 is 5.01. The van der Waals surface area contributed by atoms with Gasteiger partial charge in [-0.25, -0.2) is 9.59 Å². The Kier molecular flexibility index (Phi) is 9.75.